The molecule has 0 aliphatic rings. The Labute approximate surface area is 136 Å². The second kappa shape index (κ2) is 8.19. The minimum Gasteiger partial charge on any atom is -0.392 e. The fourth-order valence-corrected chi connectivity index (χ4v) is 2.25. The fourth-order valence-electron chi connectivity index (χ4n) is 2.25. The molecule has 0 atom stereocenters. The van der Waals surface area contributed by atoms with Gasteiger partial charge in [0, 0.05) is 32.9 Å². The Morgan fingerprint density at radius 1 is 1.00 bits per heavy atom. The van der Waals surface area contributed by atoms with E-state index in [0.29, 0.717) is 13.1 Å². The Balaban J connectivity index is 1.84. The molecule has 0 unspecified atom stereocenters. The molecule has 2 rings (SSSR count). The minimum absolute atomic E-state index is 0.0310. The van der Waals surface area contributed by atoms with Crippen molar-refractivity contribution in [2.45, 2.75) is 19.7 Å². The highest BCUT2D eigenvalue weighted by molar-refractivity contribution is 5.73. The molecular weight excluding hydrogens is 290 g/mol. The zero-order valence-electron chi connectivity index (χ0n) is 13.5. The predicted octanol–water partition coefficient (Wildman–Crippen LogP) is 2.24. The number of benzene rings is 2. The fraction of sp³-hybridized carbons (Fsp3) is 0.278. The Morgan fingerprint density at radius 2 is 1.70 bits per heavy atom. The van der Waals surface area contributed by atoms with E-state index >= 15 is 0 Å². The molecule has 0 radical (unpaired) electrons. The third kappa shape index (κ3) is 5.00. The lowest BCUT2D eigenvalue weighted by molar-refractivity contribution is 0.240. The van der Waals surface area contributed by atoms with Crippen LogP contribution in [0, 0.1) is 0 Å². The summed E-state index contributed by atoms with van der Waals surface area (Å²) >= 11 is 0. The van der Waals surface area contributed by atoms with Crippen molar-refractivity contribution in [3.63, 3.8) is 0 Å². The van der Waals surface area contributed by atoms with E-state index in [4.69, 9.17) is 0 Å². The van der Waals surface area contributed by atoms with E-state index in [1.807, 2.05) is 67.5 Å². The second-order valence-electron chi connectivity index (χ2n) is 5.53. The summed E-state index contributed by atoms with van der Waals surface area (Å²) in [7, 11) is 3.97. The lowest BCUT2D eigenvalue weighted by atomic mass is 10.1. The summed E-state index contributed by atoms with van der Waals surface area (Å²) in [6, 6.07) is 15.3. The number of anilines is 1. The third-order valence-corrected chi connectivity index (χ3v) is 3.61. The SMILES string of the molecule is CN(C)c1cccc(CNC(=O)NCc2ccccc2CO)c1. The van der Waals surface area contributed by atoms with Gasteiger partial charge in [0.15, 0.2) is 0 Å². The van der Waals surface area contributed by atoms with Crippen LogP contribution in [0.15, 0.2) is 48.5 Å². The minimum atomic E-state index is -0.229. The van der Waals surface area contributed by atoms with E-state index in [1.54, 1.807) is 0 Å². The zero-order valence-corrected chi connectivity index (χ0v) is 13.5. The maximum atomic E-state index is 11.9. The predicted molar refractivity (Wildman–Crippen MR) is 92.2 cm³/mol. The van der Waals surface area contributed by atoms with Crippen molar-refractivity contribution < 1.29 is 9.90 Å². The van der Waals surface area contributed by atoms with Gasteiger partial charge in [-0.25, -0.2) is 4.79 Å². The smallest absolute Gasteiger partial charge is 0.315 e. The zero-order chi connectivity index (χ0) is 16.7. The summed E-state index contributed by atoms with van der Waals surface area (Å²) in [5.41, 5.74) is 3.88. The molecule has 0 saturated carbocycles. The average Bonchev–Trinajstić information content (AvgIpc) is 2.58. The first-order valence-corrected chi connectivity index (χ1v) is 7.55. The molecule has 23 heavy (non-hydrogen) atoms. The lowest BCUT2D eigenvalue weighted by Crippen LogP contribution is -2.34. The Kier molecular flexibility index (Phi) is 6.00. The normalized spacial score (nSPS) is 10.2. The van der Waals surface area contributed by atoms with Gasteiger partial charge in [0.25, 0.3) is 0 Å². The van der Waals surface area contributed by atoms with Crippen molar-refractivity contribution >= 4 is 11.7 Å². The second-order valence-corrected chi connectivity index (χ2v) is 5.53. The van der Waals surface area contributed by atoms with Crippen LogP contribution in [0.5, 0.6) is 0 Å². The molecule has 5 nitrogen and oxygen atoms in total. The number of amides is 2. The van der Waals surface area contributed by atoms with Crippen LogP contribution in [0.2, 0.25) is 0 Å². The van der Waals surface area contributed by atoms with Crippen LogP contribution in [0.1, 0.15) is 16.7 Å². The largest absolute Gasteiger partial charge is 0.392 e. The number of carbonyl (C=O) groups is 1. The van der Waals surface area contributed by atoms with Crippen LogP contribution in [0.4, 0.5) is 10.5 Å². The molecule has 0 aromatic heterocycles. The molecule has 0 spiro atoms. The molecule has 2 aromatic rings. The summed E-state index contributed by atoms with van der Waals surface area (Å²) in [5, 5.41) is 14.9. The van der Waals surface area contributed by atoms with E-state index in [0.717, 1.165) is 22.4 Å². The highest BCUT2D eigenvalue weighted by Crippen LogP contribution is 2.13. The first kappa shape index (κ1) is 16.8. The summed E-state index contributed by atoms with van der Waals surface area (Å²) in [6.07, 6.45) is 0. The van der Waals surface area contributed by atoms with Crippen molar-refractivity contribution in [3.8, 4) is 0 Å². The van der Waals surface area contributed by atoms with Gasteiger partial charge in [0.1, 0.15) is 0 Å². The van der Waals surface area contributed by atoms with Gasteiger partial charge >= 0.3 is 6.03 Å². The van der Waals surface area contributed by atoms with Gasteiger partial charge < -0.3 is 20.6 Å². The molecule has 0 fully saturated rings. The number of aliphatic hydroxyl groups is 1. The lowest BCUT2D eigenvalue weighted by Gasteiger charge is -2.14. The quantitative estimate of drug-likeness (QED) is 0.766. The van der Waals surface area contributed by atoms with Crippen molar-refractivity contribution in [2.24, 2.45) is 0 Å². The van der Waals surface area contributed by atoms with Crippen LogP contribution in [0.3, 0.4) is 0 Å². The summed E-state index contributed by atoms with van der Waals surface area (Å²) in [4.78, 5) is 13.9. The molecule has 0 aliphatic heterocycles. The third-order valence-electron chi connectivity index (χ3n) is 3.61. The van der Waals surface area contributed by atoms with Crippen LogP contribution in [0.25, 0.3) is 0 Å². The summed E-state index contributed by atoms with van der Waals surface area (Å²) in [5.74, 6) is 0. The van der Waals surface area contributed by atoms with Crippen LogP contribution in [-0.4, -0.2) is 25.2 Å². The van der Waals surface area contributed by atoms with Crippen molar-refractivity contribution in [2.75, 3.05) is 19.0 Å². The monoisotopic (exact) mass is 313 g/mol. The topological polar surface area (TPSA) is 64.6 Å². The van der Waals surface area contributed by atoms with Gasteiger partial charge in [-0.15, -0.1) is 0 Å². The van der Waals surface area contributed by atoms with Gasteiger partial charge in [-0.2, -0.15) is 0 Å². The highest BCUT2D eigenvalue weighted by Gasteiger charge is 2.04. The average molecular weight is 313 g/mol. The molecule has 2 aromatic carbocycles. The molecular formula is C18H23N3O2. The first-order chi connectivity index (χ1) is 11.1. The van der Waals surface area contributed by atoms with E-state index in [9.17, 15) is 9.90 Å². The number of nitrogens with one attached hydrogen (secondary N) is 2. The number of hydrogen-bond donors (Lipinski definition) is 3. The van der Waals surface area contributed by atoms with E-state index in [-0.39, 0.29) is 12.6 Å². The van der Waals surface area contributed by atoms with Gasteiger partial charge in [-0.1, -0.05) is 36.4 Å². The number of rotatable bonds is 6. The number of aliphatic hydroxyl groups excluding tert-OH is 1. The molecule has 122 valence electrons. The van der Waals surface area contributed by atoms with Crippen LogP contribution in [-0.2, 0) is 19.7 Å². The van der Waals surface area contributed by atoms with E-state index < -0.39 is 0 Å². The molecule has 3 N–H and O–H groups in total. The molecule has 0 aliphatic carbocycles. The van der Waals surface area contributed by atoms with Gasteiger partial charge in [0.2, 0.25) is 0 Å². The Bertz CT molecular complexity index is 656. The maximum Gasteiger partial charge on any atom is 0.315 e. The summed E-state index contributed by atoms with van der Waals surface area (Å²) < 4.78 is 0. The molecule has 5 heteroatoms. The standard InChI is InChI=1S/C18H23N3O2/c1-21(2)17-9-5-6-14(10-17)11-19-18(23)20-12-15-7-3-4-8-16(15)13-22/h3-10,22H,11-13H2,1-2H3,(H2,19,20,23). The number of nitrogens with zero attached hydrogens (tertiary/aromatic N) is 1. The van der Waals surface area contributed by atoms with Crippen LogP contribution >= 0.6 is 0 Å². The highest BCUT2D eigenvalue weighted by atomic mass is 16.3. The van der Waals surface area contributed by atoms with Gasteiger partial charge in [-0.3, -0.25) is 0 Å². The number of carbonyl (C=O) groups excluding carboxylic acids is 1. The molecule has 0 heterocycles. The number of hydrogen-bond acceptors (Lipinski definition) is 3. The number of urea groups is 1. The van der Waals surface area contributed by atoms with Crippen LogP contribution < -0.4 is 15.5 Å². The van der Waals surface area contributed by atoms with E-state index in [2.05, 4.69) is 10.6 Å². The molecule has 0 bridgehead atoms. The van der Waals surface area contributed by atoms with E-state index in [1.165, 1.54) is 0 Å². The Hall–Kier alpha value is -2.53. The Morgan fingerprint density at radius 3 is 2.39 bits per heavy atom. The molecule has 0 saturated heterocycles. The van der Waals surface area contributed by atoms with Crippen molar-refractivity contribution in [1.82, 2.24) is 10.6 Å². The first-order valence-electron chi connectivity index (χ1n) is 7.55. The maximum absolute atomic E-state index is 11.9. The summed E-state index contributed by atoms with van der Waals surface area (Å²) in [6.45, 7) is 0.826. The van der Waals surface area contributed by atoms with Crippen molar-refractivity contribution in [3.05, 3.63) is 65.2 Å². The van der Waals surface area contributed by atoms with Crippen molar-refractivity contribution in [1.29, 1.82) is 0 Å². The molecule has 2 amide bonds. The van der Waals surface area contributed by atoms with Gasteiger partial charge in [-0.05, 0) is 28.8 Å². The van der Waals surface area contributed by atoms with Gasteiger partial charge in [0.05, 0.1) is 6.61 Å².